The lowest BCUT2D eigenvalue weighted by Gasteiger charge is -2.24. The van der Waals surface area contributed by atoms with Crippen LogP contribution in [0.15, 0.2) is 78.0 Å². The summed E-state index contributed by atoms with van der Waals surface area (Å²) in [6, 6.07) is 14.5. The Hall–Kier alpha value is -3.46. The average Bonchev–Trinajstić information content (AvgIpc) is 2.75. The van der Waals surface area contributed by atoms with Crippen molar-refractivity contribution in [3.05, 3.63) is 78.9 Å². The third-order valence-electron chi connectivity index (χ3n) is 4.09. The summed E-state index contributed by atoms with van der Waals surface area (Å²) in [5, 5.41) is 2.67. The Morgan fingerprint density at radius 1 is 1.10 bits per heavy atom. The quantitative estimate of drug-likeness (QED) is 0.593. The van der Waals surface area contributed by atoms with Crippen LogP contribution in [0.25, 0.3) is 0 Å². The molecule has 1 N–H and O–H groups in total. The molecule has 0 bridgehead atoms. The first-order chi connectivity index (χ1) is 14.4. The van der Waals surface area contributed by atoms with E-state index in [4.69, 9.17) is 4.74 Å². The lowest BCUT2D eigenvalue weighted by atomic mass is 10.3. The van der Waals surface area contributed by atoms with Crippen molar-refractivity contribution in [1.29, 1.82) is 0 Å². The van der Waals surface area contributed by atoms with Crippen molar-refractivity contribution in [2.24, 2.45) is 0 Å². The second kappa shape index (κ2) is 9.36. The molecule has 1 amide bonds. The number of anilines is 2. The number of amides is 1. The molecule has 3 aromatic rings. The summed E-state index contributed by atoms with van der Waals surface area (Å²) >= 11 is 0. The third-order valence-corrected chi connectivity index (χ3v) is 5.84. The largest absolute Gasteiger partial charge is 0.492 e. The number of ether oxygens (including phenoxy) is 1. The van der Waals surface area contributed by atoms with E-state index in [1.165, 1.54) is 36.7 Å². The molecule has 0 spiro atoms. The second-order valence-electron chi connectivity index (χ2n) is 6.15. The first-order valence-corrected chi connectivity index (χ1v) is 10.6. The van der Waals surface area contributed by atoms with Crippen molar-refractivity contribution in [2.45, 2.75) is 11.8 Å². The molecule has 0 saturated heterocycles. The highest BCUT2D eigenvalue weighted by Crippen LogP contribution is 2.26. The van der Waals surface area contributed by atoms with Gasteiger partial charge in [-0.2, -0.15) is 0 Å². The number of rotatable bonds is 8. The zero-order valence-corrected chi connectivity index (χ0v) is 17.0. The number of carbonyl (C=O) groups excluding carboxylic acids is 1. The van der Waals surface area contributed by atoms with Crippen LogP contribution in [0.5, 0.6) is 5.75 Å². The van der Waals surface area contributed by atoms with E-state index in [1.54, 1.807) is 24.3 Å². The van der Waals surface area contributed by atoms with E-state index >= 15 is 0 Å². The van der Waals surface area contributed by atoms with Crippen LogP contribution in [-0.2, 0) is 14.8 Å². The number of carbonyl (C=O) groups is 1. The Morgan fingerprint density at radius 3 is 2.50 bits per heavy atom. The maximum atomic E-state index is 13.4. The van der Waals surface area contributed by atoms with Crippen molar-refractivity contribution in [2.75, 3.05) is 22.8 Å². The van der Waals surface area contributed by atoms with Gasteiger partial charge in [-0.05, 0) is 55.5 Å². The van der Waals surface area contributed by atoms with Gasteiger partial charge in [0.2, 0.25) is 5.91 Å². The van der Waals surface area contributed by atoms with E-state index in [9.17, 15) is 17.6 Å². The molecule has 156 valence electrons. The maximum Gasteiger partial charge on any atom is 0.266 e. The van der Waals surface area contributed by atoms with E-state index in [2.05, 4.69) is 10.3 Å². The summed E-state index contributed by atoms with van der Waals surface area (Å²) in [5.74, 6) is -0.636. The minimum absolute atomic E-state index is 0.0863. The highest BCUT2D eigenvalue weighted by atomic mass is 32.2. The minimum Gasteiger partial charge on any atom is -0.492 e. The van der Waals surface area contributed by atoms with Crippen LogP contribution < -0.4 is 14.4 Å². The fourth-order valence-electron chi connectivity index (χ4n) is 2.72. The SMILES string of the molecule is CCOc1ccccc1NC(=O)CN(c1ccc(F)cc1)S(=O)(=O)c1cccnc1. The number of sulfonamides is 1. The van der Waals surface area contributed by atoms with E-state index in [-0.39, 0.29) is 10.6 Å². The standard InChI is InChI=1S/C21H20FN3O4S/c1-2-29-20-8-4-3-7-19(20)24-21(26)15-25(17-11-9-16(22)10-12-17)30(27,28)18-6-5-13-23-14-18/h3-14H,2,15H2,1H3,(H,24,26). The zero-order valence-electron chi connectivity index (χ0n) is 16.2. The van der Waals surface area contributed by atoms with E-state index in [1.807, 2.05) is 6.92 Å². The lowest BCUT2D eigenvalue weighted by Crippen LogP contribution is -2.38. The smallest absolute Gasteiger partial charge is 0.266 e. The predicted molar refractivity (Wildman–Crippen MR) is 111 cm³/mol. The number of aromatic nitrogens is 1. The second-order valence-corrected chi connectivity index (χ2v) is 8.02. The molecule has 0 aliphatic carbocycles. The summed E-state index contributed by atoms with van der Waals surface area (Å²) in [6.07, 6.45) is 2.63. The first kappa shape index (κ1) is 21.3. The molecule has 0 unspecified atom stereocenters. The van der Waals surface area contributed by atoms with Gasteiger partial charge in [-0.25, -0.2) is 12.8 Å². The molecule has 7 nitrogen and oxygen atoms in total. The molecule has 3 rings (SSSR count). The van der Waals surface area contributed by atoms with Crippen molar-refractivity contribution in [3.8, 4) is 5.75 Å². The van der Waals surface area contributed by atoms with Crippen LogP contribution >= 0.6 is 0 Å². The Balaban J connectivity index is 1.92. The summed E-state index contributed by atoms with van der Waals surface area (Å²) in [6.45, 7) is 1.70. The molecule has 0 saturated carbocycles. The van der Waals surface area contributed by atoms with Gasteiger partial charge in [0.1, 0.15) is 23.0 Å². The molecule has 0 fully saturated rings. The van der Waals surface area contributed by atoms with Gasteiger partial charge in [0.15, 0.2) is 0 Å². The van der Waals surface area contributed by atoms with Gasteiger partial charge in [0.05, 0.1) is 18.0 Å². The normalized spacial score (nSPS) is 11.0. The number of pyridine rings is 1. The fourth-order valence-corrected chi connectivity index (χ4v) is 4.11. The van der Waals surface area contributed by atoms with Crippen LogP contribution in [0.2, 0.25) is 0 Å². The molecule has 2 aromatic carbocycles. The molecule has 0 atom stereocenters. The summed E-state index contributed by atoms with van der Waals surface area (Å²) < 4.78 is 46.1. The number of para-hydroxylation sites is 2. The number of hydrogen-bond donors (Lipinski definition) is 1. The van der Waals surface area contributed by atoms with Crippen LogP contribution in [0.3, 0.4) is 0 Å². The fraction of sp³-hybridized carbons (Fsp3) is 0.143. The monoisotopic (exact) mass is 429 g/mol. The highest BCUT2D eigenvalue weighted by molar-refractivity contribution is 7.92. The number of nitrogens with zero attached hydrogens (tertiary/aromatic N) is 2. The molecule has 1 aromatic heterocycles. The number of benzene rings is 2. The maximum absolute atomic E-state index is 13.4. The van der Waals surface area contributed by atoms with E-state index < -0.39 is 28.3 Å². The first-order valence-electron chi connectivity index (χ1n) is 9.12. The van der Waals surface area contributed by atoms with Gasteiger partial charge in [0.25, 0.3) is 10.0 Å². The Kier molecular flexibility index (Phi) is 6.63. The molecule has 30 heavy (non-hydrogen) atoms. The Bertz CT molecular complexity index is 1110. The van der Waals surface area contributed by atoms with Gasteiger partial charge in [-0.3, -0.25) is 14.1 Å². The number of nitrogens with one attached hydrogen (secondary N) is 1. The number of halogens is 1. The van der Waals surface area contributed by atoms with Gasteiger partial charge in [-0.15, -0.1) is 0 Å². The topological polar surface area (TPSA) is 88.6 Å². The Morgan fingerprint density at radius 2 is 1.83 bits per heavy atom. The minimum atomic E-state index is -4.12. The lowest BCUT2D eigenvalue weighted by molar-refractivity contribution is -0.114. The van der Waals surface area contributed by atoms with Crippen molar-refractivity contribution < 1.29 is 22.3 Å². The molecule has 0 radical (unpaired) electrons. The third kappa shape index (κ3) is 4.93. The molecule has 1 heterocycles. The average molecular weight is 429 g/mol. The predicted octanol–water partition coefficient (Wildman–Crippen LogP) is 3.45. The summed E-state index contributed by atoms with van der Waals surface area (Å²) in [7, 11) is -4.12. The van der Waals surface area contributed by atoms with Crippen LogP contribution in [0.1, 0.15) is 6.92 Å². The highest BCUT2D eigenvalue weighted by Gasteiger charge is 2.27. The van der Waals surface area contributed by atoms with Gasteiger partial charge >= 0.3 is 0 Å². The van der Waals surface area contributed by atoms with Crippen LogP contribution in [0, 0.1) is 5.82 Å². The van der Waals surface area contributed by atoms with Crippen LogP contribution in [0.4, 0.5) is 15.8 Å². The summed E-state index contributed by atoms with van der Waals surface area (Å²) in [5.41, 5.74) is 0.565. The number of hydrogen-bond acceptors (Lipinski definition) is 5. The Labute approximate surface area is 174 Å². The molecule has 9 heteroatoms. The van der Waals surface area contributed by atoms with Crippen molar-refractivity contribution >= 4 is 27.3 Å². The van der Waals surface area contributed by atoms with Crippen molar-refractivity contribution in [1.82, 2.24) is 4.98 Å². The van der Waals surface area contributed by atoms with Crippen LogP contribution in [-0.4, -0.2) is 32.5 Å². The molecular weight excluding hydrogens is 409 g/mol. The van der Waals surface area contributed by atoms with Gasteiger partial charge < -0.3 is 10.1 Å². The summed E-state index contributed by atoms with van der Waals surface area (Å²) in [4.78, 5) is 16.5. The molecule has 0 aliphatic rings. The molecular formula is C21H20FN3O4S. The zero-order chi connectivity index (χ0) is 21.6. The molecule has 0 aliphatic heterocycles. The van der Waals surface area contributed by atoms with Gasteiger partial charge in [0, 0.05) is 12.4 Å². The van der Waals surface area contributed by atoms with Gasteiger partial charge in [-0.1, -0.05) is 12.1 Å². The van der Waals surface area contributed by atoms with Crippen molar-refractivity contribution in [3.63, 3.8) is 0 Å². The van der Waals surface area contributed by atoms with E-state index in [0.717, 1.165) is 16.4 Å². The van der Waals surface area contributed by atoms with E-state index in [0.29, 0.717) is 18.0 Å².